The fourth-order valence-corrected chi connectivity index (χ4v) is 3.11. The number of allylic oxidation sites excluding steroid dienone is 1. The molecular formula is C17H21NO2. The summed E-state index contributed by atoms with van der Waals surface area (Å²) in [5.41, 5.74) is 5.54. The van der Waals surface area contributed by atoms with E-state index in [9.17, 15) is 4.79 Å². The third kappa shape index (κ3) is 2.45. The van der Waals surface area contributed by atoms with E-state index < -0.39 is 0 Å². The van der Waals surface area contributed by atoms with Crippen LogP contribution in [0.25, 0.3) is 5.57 Å². The van der Waals surface area contributed by atoms with Crippen LogP contribution in [0, 0.1) is 0 Å². The molecule has 0 saturated carbocycles. The second-order valence-corrected chi connectivity index (χ2v) is 5.46. The van der Waals surface area contributed by atoms with Crippen molar-refractivity contribution in [3.8, 4) is 5.75 Å². The molecule has 106 valence electrons. The average Bonchev–Trinajstić information content (AvgIpc) is 3.04. The molecule has 0 saturated heterocycles. The minimum Gasteiger partial charge on any atom is -0.493 e. The van der Waals surface area contributed by atoms with E-state index in [4.69, 9.17) is 4.74 Å². The molecular weight excluding hydrogens is 250 g/mol. The number of hydrogen-bond donors (Lipinski definition) is 1. The second kappa shape index (κ2) is 5.70. The molecule has 1 heterocycles. The molecule has 1 aliphatic heterocycles. The third-order valence-electron chi connectivity index (χ3n) is 4.05. The van der Waals surface area contributed by atoms with Crippen LogP contribution in [0.2, 0.25) is 0 Å². The number of rotatable bonds is 5. The molecule has 1 aromatic rings. The lowest BCUT2D eigenvalue weighted by Crippen LogP contribution is -2.23. The minimum atomic E-state index is 0.160. The lowest BCUT2D eigenvalue weighted by Gasteiger charge is -2.11. The maximum absolute atomic E-state index is 11.5. The molecule has 1 aliphatic carbocycles. The Balaban J connectivity index is 1.67. The van der Waals surface area contributed by atoms with Crippen molar-refractivity contribution in [1.82, 2.24) is 5.32 Å². The first-order valence-corrected chi connectivity index (χ1v) is 7.53. The molecule has 3 nitrogen and oxygen atoms in total. The zero-order chi connectivity index (χ0) is 13.9. The summed E-state index contributed by atoms with van der Waals surface area (Å²) < 4.78 is 5.65. The SMILES string of the molecule is CCCC(=O)NCCC1=CCc2ccc3c(c21)CCO3. The summed E-state index contributed by atoms with van der Waals surface area (Å²) in [4.78, 5) is 11.5. The van der Waals surface area contributed by atoms with Gasteiger partial charge in [0.2, 0.25) is 5.91 Å². The summed E-state index contributed by atoms with van der Waals surface area (Å²) in [6.45, 7) is 3.56. The molecule has 0 aromatic heterocycles. The van der Waals surface area contributed by atoms with Crippen molar-refractivity contribution < 1.29 is 9.53 Å². The number of hydrogen-bond acceptors (Lipinski definition) is 2. The minimum absolute atomic E-state index is 0.160. The summed E-state index contributed by atoms with van der Waals surface area (Å²) in [5, 5.41) is 3.00. The fraction of sp³-hybridized carbons (Fsp3) is 0.471. The average molecular weight is 271 g/mol. The molecule has 0 bridgehead atoms. The Morgan fingerprint density at radius 1 is 1.40 bits per heavy atom. The van der Waals surface area contributed by atoms with Crippen LogP contribution in [0.3, 0.4) is 0 Å². The molecule has 1 amide bonds. The third-order valence-corrected chi connectivity index (χ3v) is 4.05. The summed E-state index contributed by atoms with van der Waals surface area (Å²) in [5.74, 6) is 1.21. The van der Waals surface area contributed by atoms with Gasteiger partial charge < -0.3 is 10.1 Å². The lowest BCUT2D eigenvalue weighted by atomic mass is 9.95. The van der Waals surface area contributed by atoms with Gasteiger partial charge >= 0.3 is 0 Å². The van der Waals surface area contributed by atoms with Gasteiger partial charge in [-0.05, 0) is 42.0 Å². The van der Waals surface area contributed by atoms with Crippen molar-refractivity contribution in [3.63, 3.8) is 0 Å². The predicted molar refractivity (Wildman–Crippen MR) is 79.9 cm³/mol. The first kappa shape index (κ1) is 13.2. The maximum Gasteiger partial charge on any atom is 0.219 e. The van der Waals surface area contributed by atoms with Gasteiger partial charge in [-0.1, -0.05) is 19.1 Å². The molecule has 20 heavy (non-hydrogen) atoms. The van der Waals surface area contributed by atoms with E-state index in [1.54, 1.807) is 0 Å². The second-order valence-electron chi connectivity index (χ2n) is 5.46. The Kier molecular flexibility index (Phi) is 3.77. The number of benzene rings is 1. The summed E-state index contributed by atoms with van der Waals surface area (Å²) in [6.07, 6.45) is 6.77. The standard InChI is InChI=1S/C17H21NO2/c1-2-3-16(19)18-10-8-13-5-4-12-6-7-15-14(17(12)13)9-11-20-15/h5-7H,2-4,8-11H2,1H3,(H,18,19). The van der Waals surface area contributed by atoms with Gasteiger partial charge in [0.25, 0.3) is 0 Å². The molecule has 2 aliphatic rings. The van der Waals surface area contributed by atoms with Gasteiger partial charge in [-0.25, -0.2) is 0 Å². The van der Waals surface area contributed by atoms with Crippen LogP contribution in [0.1, 0.15) is 42.9 Å². The summed E-state index contributed by atoms with van der Waals surface area (Å²) in [6, 6.07) is 4.28. The van der Waals surface area contributed by atoms with Gasteiger partial charge in [0, 0.05) is 24.9 Å². The number of carbonyl (C=O) groups excluding carboxylic acids is 1. The van der Waals surface area contributed by atoms with Crippen LogP contribution < -0.4 is 10.1 Å². The maximum atomic E-state index is 11.5. The van der Waals surface area contributed by atoms with Crippen molar-refractivity contribution in [2.45, 2.75) is 39.0 Å². The number of nitrogens with one attached hydrogen (secondary N) is 1. The van der Waals surface area contributed by atoms with Crippen molar-refractivity contribution in [2.75, 3.05) is 13.2 Å². The Morgan fingerprint density at radius 3 is 3.15 bits per heavy atom. The zero-order valence-corrected chi connectivity index (χ0v) is 12.0. The van der Waals surface area contributed by atoms with E-state index in [1.807, 2.05) is 6.92 Å². The lowest BCUT2D eigenvalue weighted by molar-refractivity contribution is -0.121. The van der Waals surface area contributed by atoms with E-state index in [0.29, 0.717) is 6.42 Å². The molecule has 1 N–H and O–H groups in total. The molecule has 0 atom stereocenters. The molecule has 1 aromatic carbocycles. The van der Waals surface area contributed by atoms with Crippen molar-refractivity contribution in [1.29, 1.82) is 0 Å². The van der Waals surface area contributed by atoms with Crippen molar-refractivity contribution in [3.05, 3.63) is 34.9 Å². The molecule has 3 rings (SSSR count). The van der Waals surface area contributed by atoms with Crippen LogP contribution in [-0.4, -0.2) is 19.1 Å². The highest BCUT2D eigenvalue weighted by Gasteiger charge is 2.23. The number of ether oxygens (including phenoxy) is 1. The van der Waals surface area contributed by atoms with Gasteiger partial charge in [0.15, 0.2) is 0 Å². The molecule has 0 fully saturated rings. The van der Waals surface area contributed by atoms with Crippen molar-refractivity contribution in [2.24, 2.45) is 0 Å². The number of amides is 1. The van der Waals surface area contributed by atoms with E-state index in [-0.39, 0.29) is 5.91 Å². The highest BCUT2D eigenvalue weighted by molar-refractivity contribution is 5.79. The predicted octanol–water partition coefficient (Wildman–Crippen LogP) is 2.87. The summed E-state index contributed by atoms with van der Waals surface area (Å²) in [7, 11) is 0. The van der Waals surface area contributed by atoms with Crippen LogP contribution >= 0.6 is 0 Å². The number of fused-ring (bicyclic) bond motifs is 3. The van der Waals surface area contributed by atoms with E-state index in [0.717, 1.165) is 44.6 Å². The van der Waals surface area contributed by atoms with Crippen molar-refractivity contribution >= 4 is 11.5 Å². The van der Waals surface area contributed by atoms with Gasteiger partial charge in [-0.2, -0.15) is 0 Å². The number of carbonyl (C=O) groups is 1. The highest BCUT2D eigenvalue weighted by atomic mass is 16.5. The highest BCUT2D eigenvalue weighted by Crippen LogP contribution is 2.39. The molecule has 0 spiro atoms. The first-order chi connectivity index (χ1) is 9.79. The molecule has 0 radical (unpaired) electrons. The van der Waals surface area contributed by atoms with Gasteiger partial charge in [0.1, 0.15) is 5.75 Å². The fourth-order valence-electron chi connectivity index (χ4n) is 3.11. The van der Waals surface area contributed by atoms with Crippen LogP contribution in [0.5, 0.6) is 5.75 Å². The van der Waals surface area contributed by atoms with Crippen LogP contribution in [0.15, 0.2) is 18.2 Å². The Morgan fingerprint density at radius 2 is 2.30 bits per heavy atom. The van der Waals surface area contributed by atoms with Crippen LogP contribution in [-0.2, 0) is 17.6 Å². The Bertz CT molecular complexity index is 560. The van der Waals surface area contributed by atoms with Gasteiger partial charge in [-0.3, -0.25) is 4.79 Å². The molecule has 3 heteroatoms. The normalized spacial score (nSPS) is 15.3. The van der Waals surface area contributed by atoms with Gasteiger partial charge in [-0.15, -0.1) is 0 Å². The van der Waals surface area contributed by atoms with Gasteiger partial charge in [0.05, 0.1) is 6.61 Å². The Labute approximate surface area is 120 Å². The topological polar surface area (TPSA) is 38.3 Å². The quantitative estimate of drug-likeness (QED) is 0.894. The van der Waals surface area contributed by atoms with E-state index in [1.165, 1.54) is 22.3 Å². The monoisotopic (exact) mass is 271 g/mol. The smallest absolute Gasteiger partial charge is 0.219 e. The van der Waals surface area contributed by atoms with E-state index in [2.05, 4.69) is 23.5 Å². The largest absolute Gasteiger partial charge is 0.493 e. The Hall–Kier alpha value is -1.77. The van der Waals surface area contributed by atoms with E-state index >= 15 is 0 Å². The van der Waals surface area contributed by atoms with Crippen LogP contribution in [0.4, 0.5) is 0 Å². The summed E-state index contributed by atoms with van der Waals surface area (Å²) >= 11 is 0. The molecule has 0 unspecified atom stereocenters. The first-order valence-electron chi connectivity index (χ1n) is 7.53. The zero-order valence-electron chi connectivity index (χ0n) is 12.0.